The smallest absolute Gasteiger partial charge is 0.0927 e. The lowest BCUT2D eigenvalue weighted by Crippen LogP contribution is -2.18. The van der Waals surface area contributed by atoms with Crippen LogP contribution < -0.4 is 5.73 Å². The number of benzene rings is 1. The normalized spacial score (nSPS) is 19.7. The fraction of sp³-hybridized carbons (Fsp3) is 0.278. The first-order valence-electron chi connectivity index (χ1n) is 6.82. The topological polar surface area (TPSA) is 26.0 Å². The molecule has 0 unspecified atom stereocenters. The van der Waals surface area contributed by atoms with Crippen molar-refractivity contribution >= 4 is 5.69 Å². The predicted molar refractivity (Wildman–Crippen MR) is 83.8 cm³/mol. The third-order valence-corrected chi connectivity index (χ3v) is 3.87. The average Bonchev–Trinajstić information content (AvgIpc) is 2.42. The first-order valence-corrected chi connectivity index (χ1v) is 6.82. The molecule has 1 heteroatoms. The van der Waals surface area contributed by atoms with E-state index >= 15 is 0 Å². The van der Waals surface area contributed by atoms with Crippen LogP contribution in [0.1, 0.15) is 32.8 Å². The van der Waals surface area contributed by atoms with Gasteiger partial charge in [-0.25, -0.2) is 0 Å². The highest BCUT2D eigenvalue weighted by atomic mass is 14.5. The summed E-state index contributed by atoms with van der Waals surface area (Å²) in [5, 5.41) is 0. The van der Waals surface area contributed by atoms with E-state index in [2.05, 4.69) is 63.6 Å². The molecule has 0 fully saturated rings. The van der Waals surface area contributed by atoms with E-state index in [9.17, 15) is 0 Å². The second-order valence-corrected chi connectivity index (χ2v) is 5.45. The van der Waals surface area contributed by atoms with Crippen molar-refractivity contribution in [2.45, 2.75) is 32.6 Å². The summed E-state index contributed by atoms with van der Waals surface area (Å²) < 4.78 is 0. The summed E-state index contributed by atoms with van der Waals surface area (Å²) in [6.45, 7) is 6.61. The molecule has 98 valence electrons. The molecular weight excluding hydrogens is 230 g/mol. The van der Waals surface area contributed by atoms with Crippen LogP contribution in [0.4, 0.5) is 5.69 Å². The largest absolute Gasteiger partial charge is 0.399 e. The van der Waals surface area contributed by atoms with Crippen molar-refractivity contribution in [2.24, 2.45) is 0 Å². The SMILES string of the molecule is CC[C@](C)(C=C1C=CC(C)=C[CH+]1)c1ccc(N)cc1. The van der Waals surface area contributed by atoms with E-state index < -0.39 is 0 Å². The van der Waals surface area contributed by atoms with Crippen molar-refractivity contribution in [3.8, 4) is 0 Å². The fourth-order valence-electron chi connectivity index (χ4n) is 2.28. The minimum atomic E-state index is 0.0446. The maximum atomic E-state index is 5.77. The van der Waals surface area contributed by atoms with Crippen molar-refractivity contribution in [1.82, 2.24) is 0 Å². The van der Waals surface area contributed by atoms with Crippen LogP contribution >= 0.6 is 0 Å². The van der Waals surface area contributed by atoms with E-state index in [4.69, 9.17) is 5.73 Å². The number of hydrogen-bond donors (Lipinski definition) is 1. The Morgan fingerprint density at radius 2 is 1.89 bits per heavy atom. The van der Waals surface area contributed by atoms with Crippen LogP contribution in [0.15, 0.2) is 59.7 Å². The van der Waals surface area contributed by atoms with Gasteiger partial charge in [0.15, 0.2) is 0 Å². The van der Waals surface area contributed by atoms with Gasteiger partial charge in [-0.15, -0.1) is 0 Å². The van der Waals surface area contributed by atoms with Crippen LogP contribution in [0, 0.1) is 6.42 Å². The van der Waals surface area contributed by atoms with E-state index in [1.54, 1.807) is 0 Å². The van der Waals surface area contributed by atoms with Gasteiger partial charge in [0.1, 0.15) is 0 Å². The van der Waals surface area contributed by atoms with Gasteiger partial charge in [0.25, 0.3) is 0 Å². The second kappa shape index (κ2) is 5.40. The van der Waals surface area contributed by atoms with E-state index in [0.29, 0.717) is 0 Å². The van der Waals surface area contributed by atoms with Crippen LogP contribution in [0.25, 0.3) is 0 Å². The minimum Gasteiger partial charge on any atom is -0.399 e. The molecule has 0 bridgehead atoms. The Balaban J connectivity index is 2.31. The molecule has 0 saturated heterocycles. The van der Waals surface area contributed by atoms with Crippen LogP contribution in [-0.2, 0) is 5.41 Å². The molecule has 0 radical (unpaired) electrons. The molecule has 1 aliphatic rings. The quantitative estimate of drug-likeness (QED) is 0.618. The molecule has 0 aliphatic heterocycles. The van der Waals surface area contributed by atoms with Crippen molar-refractivity contribution < 1.29 is 0 Å². The molecule has 2 N–H and O–H groups in total. The lowest BCUT2D eigenvalue weighted by molar-refractivity contribution is 0.570. The first kappa shape index (κ1) is 13.5. The molecule has 0 aromatic heterocycles. The molecule has 19 heavy (non-hydrogen) atoms. The van der Waals surface area contributed by atoms with Gasteiger partial charge in [0.2, 0.25) is 0 Å². The number of hydrogen-bond acceptors (Lipinski definition) is 1. The molecule has 1 aromatic carbocycles. The van der Waals surface area contributed by atoms with Crippen molar-refractivity contribution in [1.29, 1.82) is 0 Å². The molecule has 0 heterocycles. The number of nitrogen functional groups attached to an aromatic ring is 1. The van der Waals surface area contributed by atoms with Gasteiger partial charge in [-0.1, -0.05) is 19.1 Å². The molecule has 0 spiro atoms. The average molecular weight is 252 g/mol. The third-order valence-electron chi connectivity index (χ3n) is 3.87. The molecule has 1 nitrogen and oxygen atoms in total. The number of rotatable bonds is 3. The second-order valence-electron chi connectivity index (χ2n) is 5.45. The number of allylic oxidation sites excluding steroid dienone is 6. The molecule has 0 saturated carbocycles. The zero-order valence-electron chi connectivity index (χ0n) is 12.0. The summed E-state index contributed by atoms with van der Waals surface area (Å²) in [6, 6.07) is 8.21. The number of anilines is 1. The maximum absolute atomic E-state index is 5.77. The molecule has 2 rings (SSSR count). The summed E-state index contributed by atoms with van der Waals surface area (Å²) in [6.07, 6.45) is 12.1. The molecule has 1 aliphatic carbocycles. The minimum absolute atomic E-state index is 0.0446. The van der Waals surface area contributed by atoms with Crippen LogP contribution in [0.2, 0.25) is 0 Å². The summed E-state index contributed by atoms with van der Waals surface area (Å²) in [4.78, 5) is 0. The Bertz CT molecular complexity index is 531. The molecule has 1 atom stereocenters. The summed E-state index contributed by atoms with van der Waals surface area (Å²) in [5.41, 5.74) is 10.5. The van der Waals surface area contributed by atoms with Gasteiger partial charge in [-0.05, 0) is 38.0 Å². The highest BCUT2D eigenvalue weighted by Crippen LogP contribution is 2.32. The van der Waals surface area contributed by atoms with Crippen molar-refractivity contribution in [2.75, 3.05) is 5.73 Å². The van der Waals surface area contributed by atoms with E-state index in [1.165, 1.54) is 16.7 Å². The number of nitrogens with two attached hydrogens (primary N) is 1. The van der Waals surface area contributed by atoms with Crippen molar-refractivity contribution in [3.05, 3.63) is 71.7 Å². The monoisotopic (exact) mass is 252 g/mol. The van der Waals surface area contributed by atoms with Gasteiger partial charge in [0, 0.05) is 47.4 Å². The standard InChI is InChI=1S/C18H22N/c1-4-18(3,16-9-11-17(19)12-10-16)13-15-7-5-14(2)6-8-15/h5-13H,4,19H2,1-3H3/q+1/t18-/m1/s1. The zero-order chi connectivity index (χ0) is 13.9. The van der Waals surface area contributed by atoms with Gasteiger partial charge in [-0.3, -0.25) is 0 Å². The predicted octanol–water partition coefficient (Wildman–Crippen LogP) is 4.58. The van der Waals surface area contributed by atoms with Gasteiger partial charge in [0.05, 0.1) is 5.57 Å². The van der Waals surface area contributed by atoms with E-state index in [-0.39, 0.29) is 5.41 Å². The Hall–Kier alpha value is -1.89. The Morgan fingerprint density at radius 3 is 2.42 bits per heavy atom. The van der Waals surface area contributed by atoms with Gasteiger partial charge in [-0.2, -0.15) is 0 Å². The van der Waals surface area contributed by atoms with Gasteiger partial charge < -0.3 is 5.73 Å². The fourth-order valence-corrected chi connectivity index (χ4v) is 2.28. The van der Waals surface area contributed by atoms with Crippen molar-refractivity contribution in [3.63, 3.8) is 0 Å². The Labute approximate surface area is 116 Å². The zero-order valence-corrected chi connectivity index (χ0v) is 12.0. The lowest BCUT2D eigenvalue weighted by Gasteiger charge is -2.23. The third kappa shape index (κ3) is 3.11. The lowest BCUT2D eigenvalue weighted by atomic mass is 9.78. The molecular formula is C18H22N+. The Kier molecular flexibility index (Phi) is 3.84. The van der Waals surface area contributed by atoms with E-state index in [0.717, 1.165) is 12.1 Å². The maximum Gasteiger partial charge on any atom is 0.0927 e. The Morgan fingerprint density at radius 1 is 1.21 bits per heavy atom. The van der Waals surface area contributed by atoms with Crippen LogP contribution in [0.3, 0.4) is 0 Å². The molecule has 0 amide bonds. The highest BCUT2D eigenvalue weighted by molar-refractivity contribution is 5.47. The van der Waals surface area contributed by atoms with Gasteiger partial charge >= 0.3 is 0 Å². The molecule has 1 aromatic rings. The summed E-state index contributed by atoms with van der Waals surface area (Å²) in [5.74, 6) is 0. The summed E-state index contributed by atoms with van der Waals surface area (Å²) >= 11 is 0. The summed E-state index contributed by atoms with van der Waals surface area (Å²) in [7, 11) is 0. The first-order chi connectivity index (χ1) is 9.03. The highest BCUT2D eigenvalue weighted by Gasteiger charge is 2.25. The van der Waals surface area contributed by atoms with E-state index in [1.807, 2.05) is 12.1 Å². The van der Waals surface area contributed by atoms with Crippen LogP contribution in [-0.4, -0.2) is 0 Å². The van der Waals surface area contributed by atoms with Crippen LogP contribution in [0.5, 0.6) is 0 Å².